The second kappa shape index (κ2) is 14.7. The maximum absolute atomic E-state index is 10.8. The molecule has 0 aromatic heterocycles. The SMILES string of the molecule is C[C@@H]1O[C@H](O[C@@H]2[C@H](OCc3ccccc3)O[C@@H](C)[C@@H](OCc3ccccc3)[C@H]2OCc2ccccc2)[C@@H](O)[C@H](O)[C@H]1O. The third-order valence-electron chi connectivity index (χ3n) is 7.65. The van der Waals surface area contributed by atoms with E-state index in [1.165, 1.54) is 0 Å². The van der Waals surface area contributed by atoms with Gasteiger partial charge in [-0.1, -0.05) is 91.0 Å². The number of aliphatic hydroxyl groups is 3. The first-order chi connectivity index (χ1) is 20.4. The van der Waals surface area contributed by atoms with Crippen LogP contribution in [0.1, 0.15) is 30.5 Å². The fraction of sp³-hybridized carbons (Fsp3) is 0.455. The van der Waals surface area contributed by atoms with Crippen molar-refractivity contribution in [1.82, 2.24) is 0 Å². The van der Waals surface area contributed by atoms with Crippen molar-refractivity contribution in [3.63, 3.8) is 0 Å². The molecule has 0 spiro atoms. The highest BCUT2D eigenvalue weighted by atomic mass is 16.8. The zero-order valence-corrected chi connectivity index (χ0v) is 23.8. The van der Waals surface area contributed by atoms with E-state index < -0.39 is 61.4 Å². The summed E-state index contributed by atoms with van der Waals surface area (Å²) >= 11 is 0. The molecule has 0 amide bonds. The van der Waals surface area contributed by atoms with Crippen molar-refractivity contribution < 1.29 is 43.7 Å². The molecule has 3 aromatic carbocycles. The van der Waals surface area contributed by atoms with Crippen LogP contribution in [-0.2, 0) is 48.2 Å². The van der Waals surface area contributed by atoms with Gasteiger partial charge < -0.3 is 43.7 Å². The van der Waals surface area contributed by atoms with E-state index in [0.29, 0.717) is 6.61 Å². The minimum Gasteiger partial charge on any atom is -0.388 e. The molecule has 0 saturated carbocycles. The van der Waals surface area contributed by atoms with E-state index in [2.05, 4.69) is 0 Å². The lowest BCUT2D eigenvalue weighted by atomic mass is 9.97. The monoisotopic (exact) mass is 580 g/mol. The maximum Gasteiger partial charge on any atom is 0.187 e. The van der Waals surface area contributed by atoms with Crippen LogP contribution in [0, 0.1) is 0 Å². The summed E-state index contributed by atoms with van der Waals surface area (Å²) in [5.74, 6) is 0. The Kier molecular flexibility index (Phi) is 10.7. The molecule has 2 aliphatic heterocycles. The summed E-state index contributed by atoms with van der Waals surface area (Å²) in [6.07, 6.45) is -9.88. The van der Waals surface area contributed by atoms with E-state index in [0.717, 1.165) is 16.7 Å². The fourth-order valence-corrected chi connectivity index (χ4v) is 5.24. The van der Waals surface area contributed by atoms with E-state index in [1.807, 2.05) is 97.9 Å². The van der Waals surface area contributed by atoms with E-state index in [9.17, 15) is 15.3 Å². The molecule has 3 N–H and O–H groups in total. The molecule has 2 fully saturated rings. The molecule has 9 heteroatoms. The molecule has 2 saturated heterocycles. The number of rotatable bonds is 11. The molecule has 5 rings (SSSR count). The molecule has 0 unspecified atom stereocenters. The van der Waals surface area contributed by atoms with E-state index >= 15 is 0 Å². The Labute approximate surface area is 246 Å². The molecule has 0 bridgehead atoms. The van der Waals surface area contributed by atoms with Gasteiger partial charge in [-0.15, -0.1) is 0 Å². The Morgan fingerprint density at radius 3 is 1.48 bits per heavy atom. The Bertz CT molecular complexity index is 1200. The Morgan fingerprint density at radius 2 is 0.952 bits per heavy atom. The van der Waals surface area contributed by atoms with Gasteiger partial charge in [-0.2, -0.15) is 0 Å². The Hall–Kier alpha value is -2.70. The number of benzene rings is 3. The second-order valence-corrected chi connectivity index (χ2v) is 10.8. The molecule has 10 atom stereocenters. The largest absolute Gasteiger partial charge is 0.388 e. The lowest BCUT2D eigenvalue weighted by Gasteiger charge is -2.47. The lowest BCUT2D eigenvalue weighted by Crippen LogP contribution is -2.64. The van der Waals surface area contributed by atoms with Gasteiger partial charge >= 0.3 is 0 Å². The predicted molar refractivity (Wildman–Crippen MR) is 153 cm³/mol. The fourth-order valence-electron chi connectivity index (χ4n) is 5.24. The van der Waals surface area contributed by atoms with E-state index in [4.69, 9.17) is 28.4 Å². The van der Waals surface area contributed by atoms with Gasteiger partial charge in [0.05, 0.1) is 32.0 Å². The van der Waals surface area contributed by atoms with Crippen LogP contribution in [-0.4, -0.2) is 76.7 Å². The zero-order valence-electron chi connectivity index (χ0n) is 23.8. The van der Waals surface area contributed by atoms with E-state index in [1.54, 1.807) is 6.92 Å². The van der Waals surface area contributed by atoms with Crippen molar-refractivity contribution in [2.75, 3.05) is 0 Å². The summed E-state index contributed by atoms with van der Waals surface area (Å²) in [6, 6.07) is 29.2. The molecular formula is C33H40O9. The molecular weight excluding hydrogens is 540 g/mol. The van der Waals surface area contributed by atoms with Crippen LogP contribution in [0.5, 0.6) is 0 Å². The summed E-state index contributed by atoms with van der Waals surface area (Å²) in [4.78, 5) is 0. The van der Waals surface area contributed by atoms with Gasteiger partial charge in [0.15, 0.2) is 12.6 Å². The van der Waals surface area contributed by atoms with Gasteiger partial charge in [-0.3, -0.25) is 0 Å². The molecule has 226 valence electrons. The highest BCUT2D eigenvalue weighted by molar-refractivity contribution is 5.15. The molecule has 0 radical (unpaired) electrons. The number of ether oxygens (including phenoxy) is 6. The quantitative estimate of drug-likeness (QED) is 0.314. The third-order valence-corrected chi connectivity index (χ3v) is 7.65. The first kappa shape index (κ1) is 30.7. The zero-order chi connectivity index (χ0) is 29.5. The van der Waals surface area contributed by atoms with Crippen molar-refractivity contribution in [3.8, 4) is 0 Å². The maximum atomic E-state index is 10.8. The standard InChI is InChI=1S/C33H40O9/c1-21-26(34)27(35)28(36)32(40-21)42-31-30(38-19-24-14-8-4-9-15-24)29(37-18-23-12-6-3-7-13-23)22(2)41-33(31)39-20-25-16-10-5-11-17-25/h3-17,21-22,26-36H,18-20H2,1-2H3/t21-,22-,26-,27+,28-,29+,30+,31-,32+,33+/m0/s1. The predicted octanol–water partition coefficient (Wildman–Crippen LogP) is 3.33. The minimum absolute atomic E-state index is 0.241. The summed E-state index contributed by atoms with van der Waals surface area (Å²) in [6.45, 7) is 4.33. The van der Waals surface area contributed by atoms with Crippen LogP contribution in [0.15, 0.2) is 91.0 Å². The van der Waals surface area contributed by atoms with Crippen LogP contribution in [0.2, 0.25) is 0 Å². The van der Waals surface area contributed by atoms with Gasteiger partial charge in [0, 0.05) is 0 Å². The van der Waals surface area contributed by atoms with Crippen LogP contribution in [0.25, 0.3) is 0 Å². The lowest BCUT2D eigenvalue weighted by molar-refractivity contribution is -0.370. The highest BCUT2D eigenvalue weighted by Crippen LogP contribution is 2.33. The van der Waals surface area contributed by atoms with Gasteiger partial charge in [0.2, 0.25) is 0 Å². The van der Waals surface area contributed by atoms with Crippen molar-refractivity contribution in [3.05, 3.63) is 108 Å². The van der Waals surface area contributed by atoms with Crippen LogP contribution < -0.4 is 0 Å². The molecule has 3 aromatic rings. The van der Waals surface area contributed by atoms with E-state index in [-0.39, 0.29) is 13.2 Å². The van der Waals surface area contributed by atoms with Crippen molar-refractivity contribution >= 4 is 0 Å². The summed E-state index contributed by atoms with van der Waals surface area (Å²) in [5.41, 5.74) is 2.89. The summed E-state index contributed by atoms with van der Waals surface area (Å²) < 4.78 is 37.7. The third kappa shape index (κ3) is 7.62. The smallest absolute Gasteiger partial charge is 0.187 e. The summed E-state index contributed by atoms with van der Waals surface area (Å²) in [7, 11) is 0. The molecule has 0 aliphatic carbocycles. The summed E-state index contributed by atoms with van der Waals surface area (Å²) in [5, 5.41) is 31.5. The number of hydrogen-bond donors (Lipinski definition) is 3. The van der Waals surface area contributed by atoms with Gasteiger partial charge in [0.1, 0.15) is 36.6 Å². The Balaban J connectivity index is 1.43. The van der Waals surface area contributed by atoms with Gasteiger partial charge in [0.25, 0.3) is 0 Å². The normalized spacial score (nSPS) is 33.4. The number of aliphatic hydroxyl groups excluding tert-OH is 3. The molecule has 2 aliphatic rings. The highest BCUT2D eigenvalue weighted by Gasteiger charge is 2.51. The average molecular weight is 581 g/mol. The second-order valence-electron chi connectivity index (χ2n) is 10.8. The molecule has 2 heterocycles. The topological polar surface area (TPSA) is 116 Å². The Morgan fingerprint density at radius 1 is 0.500 bits per heavy atom. The van der Waals surface area contributed by atoms with Crippen molar-refractivity contribution in [2.45, 2.75) is 95.1 Å². The van der Waals surface area contributed by atoms with Crippen LogP contribution in [0.3, 0.4) is 0 Å². The first-order valence-corrected chi connectivity index (χ1v) is 14.4. The van der Waals surface area contributed by atoms with Crippen molar-refractivity contribution in [1.29, 1.82) is 0 Å². The van der Waals surface area contributed by atoms with Crippen LogP contribution >= 0.6 is 0 Å². The van der Waals surface area contributed by atoms with Gasteiger partial charge in [-0.05, 0) is 30.5 Å². The van der Waals surface area contributed by atoms with Crippen molar-refractivity contribution in [2.24, 2.45) is 0 Å². The number of hydrogen-bond acceptors (Lipinski definition) is 9. The van der Waals surface area contributed by atoms with Crippen LogP contribution in [0.4, 0.5) is 0 Å². The molecule has 42 heavy (non-hydrogen) atoms. The first-order valence-electron chi connectivity index (χ1n) is 14.4. The average Bonchev–Trinajstić information content (AvgIpc) is 3.02. The van der Waals surface area contributed by atoms with Gasteiger partial charge in [-0.25, -0.2) is 0 Å². The molecule has 9 nitrogen and oxygen atoms in total. The minimum atomic E-state index is -1.51.